The summed E-state index contributed by atoms with van der Waals surface area (Å²) in [5.41, 5.74) is 0.955. The van der Waals surface area contributed by atoms with Crippen LogP contribution >= 0.6 is 0 Å². The second-order valence-electron chi connectivity index (χ2n) is 6.79. The highest BCUT2D eigenvalue weighted by molar-refractivity contribution is 8.12. The van der Waals surface area contributed by atoms with Gasteiger partial charge in [0.15, 0.2) is 0 Å². The first-order valence-electron chi connectivity index (χ1n) is 9.41. The molecule has 148 valence electrons. The van der Waals surface area contributed by atoms with Crippen LogP contribution < -0.4 is 4.90 Å². The number of benzene rings is 1. The van der Waals surface area contributed by atoms with Gasteiger partial charge in [0.25, 0.3) is 0 Å². The molecule has 0 atom stereocenters. The van der Waals surface area contributed by atoms with E-state index in [9.17, 15) is 16.8 Å². The molecule has 0 amide bonds. The number of sulfonamides is 2. The first kappa shape index (κ1) is 21.2. The largest absolute Gasteiger partial charge is 0.432 e. The standard InChI is InChI=1S/C18H29N2O4S2/c1-2-3-4-5-6-9-16-25(21,22)19-26(23,24)18-12-10-17(11-13-18)20-14-7-8-15-20/h10-13H,2-9,14-16H2,1H3/q-1. The Kier molecular flexibility index (Phi) is 7.91. The summed E-state index contributed by atoms with van der Waals surface area (Å²) in [4.78, 5) is 2.11. The van der Waals surface area contributed by atoms with E-state index < -0.39 is 20.0 Å². The molecule has 0 saturated carbocycles. The molecule has 1 aliphatic rings. The molecule has 0 aromatic heterocycles. The van der Waals surface area contributed by atoms with Crippen LogP contribution in [0.2, 0.25) is 0 Å². The normalized spacial score (nSPS) is 15.5. The van der Waals surface area contributed by atoms with Gasteiger partial charge in [0.2, 0.25) is 0 Å². The van der Waals surface area contributed by atoms with E-state index in [4.69, 9.17) is 0 Å². The number of rotatable bonds is 11. The SMILES string of the molecule is CCCCCCCCS(=O)(=O)[N-]S(=O)(=O)c1ccc(N2CCCC2)cc1. The van der Waals surface area contributed by atoms with Gasteiger partial charge in [0.1, 0.15) is 10.0 Å². The minimum Gasteiger partial charge on any atom is -0.432 e. The fourth-order valence-electron chi connectivity index (χ4n) is 3.10. The highest BCUT2D eigenvalue weighted by Gasteiger charge is 2.14. The average molecular weight is 402 g/mol. The number of nitrogens with zero attached hydrogens (tertiary/aromatic N) is 2. The van der Waals surface area contributed by atoms with Gasteiger partial charge in [-0.3, -0.25) is 0 Å². The molecule has 1 heterocycles. The van der Waals surface area contributed by atoms with Crippen molar-refractivity contribution in [2.75, 3.05) is 23.7 Å². The van der Waals surface area contributed by atoms with E-state index in [1.807, 2.05) is 0 Å². The molecule has 26 heavy (non-hydrogen) atoms. The van der Waals surface area contributed by atoms with Crippen molar-refractivity contribution in [1.82, 2.24) is 0 Å². The van der Waals surface area contributed by atoms with Crippen molar-refractivity contribution >= 4 is 25.7 Å². The summed E-state index contributed by atoms with van der Waals surface area (Å²) in [6, 6.07) is 6.31. The number of unbranched alkanes of at least 4 members (excludes halogenated alkanes) is 5. The van der Waals surface area contributed by atoms with Gasteiger partial charge in [0.05, 0.1) is 10.0 Å². The highest BCUT2D eigenvalue weighted by atomic mass is 32.3. The maximum atomic E-state index is 12.3. The Morgan fingerprint density at radius 1 is 0.885 bits per heavy atom. The molecule has 1 saturated heterocycles. The van der Waals surface area contributed by atoms with Crippen LogP contribution in [-0.4, -0.2) is 35.7 Å². The molecule has 1 aromatic carbocycles. The minimum atomic E-state index is -4.19. The van der Waals surface area contributed by atoms with E-state index in [1.165, 1.54) is 12.1 Å². The van der Waals surface area contributed by atoms with Crippen molar-refractivity contribution < 1.29 is 16.8 Å². The van der Waals surface area contributed by atoms with Crippen LogP contribution in [-0.2, 0) is 20.0 Å². The van der Waals surface area contributed by atoms with E-state index >= 15 is 0 Å². The van der Waals surface area contributed by atoms with Gasteiger partial charge in [-0.05, 0) is 43.5 Å². The van der Waals surface area contributed by atoms with Gasteiger partial charge in [-0.25, -0.2) is 16.8 Å². The van der Waals surface area contributed by atoms with Crippen LogP contribution in [0.4, 0.5) is 5.69 Å². The Labute approximate surface area is 158 Å². The molecule has 0 N–H and O–H groups in total. The van der Waals surface area contributed by atoms with Crippen molar-refractivity contribution in [3.63, 3.8) is 0 Å². The third-order valence-electron chi connectivity index (χ3n) is 4.57. The van der Waals surface area contributed by atoms with Gasteiger partial charge in [-0.15, -0.1) is 0 Å². The Morgan fingerprint density at radius 3 is 2.08 bits per heavy atom. The van der Waals surface area contributed by atoms with Crippen LogP contribution in [0.5, 0.6) is 0 Å². The molecule has 0 radical (unpaired) electrons. The van der Waals surface area contributed by atoms with E-state index in [0.717, 1.165) is 63.7 Å². The third-order valence-corrected chi connectivity index (χ3v) is 7.94. The summed E-state index contributed by atoms with van der Waals surface area (Å²) in [7, 11) is -8.17. The molecule has 1 fully saturated rings. The summed E-state index contributed by atoms with van der Waals surface area (Å²) in [6.07, 6.45) is 7.79. The molecule has 2 rings (SSSR count). The van der Waals surface area contributed by atoms with Crippen LogP contribution in [0.1, 0.15) is 58.3 Å². The second kappa shape index (κ2) is 9.71. The molecular weight excluding hydrogens is 372 g/mol. The fraction of sp³-hybridized carbons (Fsp3) is 0.667. The summed E-state index contributed by atoms with van der Waals surface area (Å²) in [6.45, 7) is 4.04. The lowest BCUT2D eigenvalue weighted by atomic mass is 10.1. The van der Waals surface area contributed by atoms with E-state index in [0.29, 0.717) is 6.42 Å². The quantitative estimate of drug-likeness (QED) is 0.522. The third kappa shape index (κ3) is 6.55. The van der Waals surface area contributed by atoms with Crippen molar-refractivity contribution in [1.29, 1.82) is 0 Å². The molecule has 0 aliphatic carbocycles. The fourth-order valence-corrected chi connectivity index (χ4v) is 5.99. The number of hydrogen-bond donors (Lipinski definition) is 0. The lowest BCUT2D eigenvalue weighted by molar-refractivity contribution is 0.586. The van der Waals surface area contributed by atoms with Crippen LogP contribution in [0.25, 0.3) is 4.13 Å². The van der Waals surface area contributed by atoms with Crippen LogP contribution in [0.15, 0.2) is 29.2 Å². The van der Waals surface area contributed by atoms with Crippen molar-refractivity contribution in [2.45, 2.75) is 63.2 Å². The summed E-state index contributed by atoms with van der Waals surface area (Å²) < 4.78 is 51.9. The number of anilines is 1. The van der Waals surface area contributed by atoms with Gasteiger partial charge < -0.3 is 9.03 Å². The van der Waals surface area contributed by atoms with Crippen molar-refractivity contribution in [2.24, 2.45) is 0 Å². The van der Waals surface area contributed by atoms with Gasteiger partial charge >= 0.3 is 0 Å². The Bertz CT molecular complexity index is 753. The summed E-state index contributed by atoms with van der Waals surface area (Å²) in [5, 5.41) is 0. The molecule has 8 heteroatoms. The summed E-state index contributed by atoms with van der Waals surface area (Å²) in [5.74, 6) is -0.218. The Balaban J connectivity index is 1.90. The average Bonchev–Trinajstić information content (AvgIpc) is 3.12. The number of hydrogen-bond acceptors (Lipinski definition) is 5. The van der Waals surface area contributed by atoms with Crippen LogP contribution in [0, 0.1) is 0 Å². The Hall–Kier alpha value is -1.12. The lowest BCUT2D eigenvalue weighted by Crippen LogP contribution is -2.17. The maximum absolute atomic E-state index is 12.3. The molecular formula is C18H29N2O4S2-. The first-order valence-corrected chi connectivity index (χ1v) is 12.5. The molecule has 0 unspecified atom stereocenters. The second-order valence-corrected chi connectivity index (χ2v) is 10.4. The predicted molar refractivity (Wildman–Crippen MR) is 106 cm³/mol. The lowest BCUT2D eigenvalue weighted by Gasteiger charge is -2.22. The zero-order valence-electron chi connectivity index (χ0n) is 15.4. The highest BCUT2D eigenvalue weighted by Crippen LogP contribution is 2.26. The summed E-state index contributed by atoms with van der Waals surface area (Å²) >= 11 is 0. The molecule has 6 nitrogen and oxygen atoms in total. The molecule has 0 spiro atoms. The predicted octanol–water partition coefficient (Wildman–Crippen LogP) is 4.04. The molecule has 0 bridgehead atoms. The van der Waals surface area contributed by atoms with E-state index in [-0.39, 0.29) is 10.6 Å². The van der Waals surface area contributed by atoms with Crippen molar-refractivity contribution in [3.05, 3.63) is 28.4 Å². The smallest absolute Gasteiger partial charge is 0.112 e. The topological polar surface area (TPSA) is 85.6 Å². The van der Waals surface area contributed by atoms with E-state index in [2.05, 4.69) is 16.0 Å². The maximum Gasteiger partial charge on any atom is 0.112 e. The minimum absolute atomic E-state index is 0.0769. The zero-order chi connectivity index (χ0) is 19.0. The zero-order valence-corrected chi connectivity index (χ0v) is 17.1. The van der Waals surface area contributed by atoms with E-state index in [1.54, 1.807) is 12.1 Å². The Morgan fingerprint density at radius 2 is 1.46 bits per heavy atom. The monoisotopic (exact) mass is 401 g/mol. The molecule has 1 aliphatic heterocycles. The van der Waals surface area contributed by atoms with Crippen molar-refractivity contribution in [3.8, 4) is 0 Å². The van der Waals surface area contributed by atoms with Crippen LogP contribution in [0.3, 0.4) is 0 Å². The van der Waals surface area contributed by atoms with Gasteiger partial charge in [-0.2, -0.15) is 0 Å². The van der Waals surface area contributed by atoms with Gasteiger partial charge in [0, 0.05) is 29.4 Å². The van der Waals surface area contributed by atoms with Gasteiger partial charge in [-0.1, -0.05) is 39.0 Å². The first-order chi connectivity index (χ1) is 12.3. The molecule has 1 aromatic rings.